The monoisotopic (exact) mass is 329 g/mol. The predicted octanol–water partition coefficient (Wildman–Crippen LogP) is 4.59. The van der Waals surface area contributed by atoms with Crippen molar-refractivity contribution in [3.8, 4) is 0 Å². The Morgan fingerprint density at radius 1 is 1.09 bits per heavy atom. The molecule has 3 nitrogen and oxygen atoms in total. The van der Waals surface area contributed by atoms with Gasteiger partial charge in [-0.1, -0.05) is 37.6 Å². The second-order valence-corrected chi connectivity index (χ2v) is 8.65. The molecule has 0 unspecified atom stereocenters. The molecule has 0 aliphatic heterocycles. The second kappa shape index (κ2) is 5.75. The Labute approximate surface area is 138 Å². The van der Waals surface area contributed by atoms with E-state index < -0.39 is 10.0 Å². The number of aryl methyl sites for hydroxylation is 1. The highest BCUT2D eigenvalue weighted by Crippen LogP contribution is 2.45. The van der Waals surface area contributed by atoms with Gasteiger partial charge >= 0.3 is 0 Å². The Bertz CT molecular complexity index is 809. The first-order valence-electron chi connectivity index (χ1n) is 8.12. The lowest BCUT2D eigenvalue weighted by Crippen LogP contribution is -2.11. The molecule has 0 bridgehead atoms. The molecule has 0 aromatic heterocycles. The van der Waals surface area contributed by atoms with Crippen molar-refractivity contribution in [3.05, 3.63) is 52.6 Å². The van der Waals surface area contributed by atoms with Crippen LogP contribution in [-0.2, 0) is 10.0 Å². The number of nitrogens with zero attached hydrogens (tertiary/aromatic N) is 1. The van der Waals surface area contributed by atoms with Gasteiger partial charge in [0.25, 0.3) is 10.0 Å². The van der Waals surface area contributed by atoms with Crippen molar-refractivity contribution in [2.75, 3.05) is 0 Å². The van der Waals surface area contributed by atoms with Gasteiger partial charge in [0.2, 0.25) is 0 Å². The fraction of sp³-hybridized carbons (Fsp3) is 0.421. The van der Waals surface area contributed by atoms with Crippen LogP contribution < -0.4 is 0 Å². The van der Waals surface area contributed by atoms with Crippen LogP contribution in [0.1, 0.15) is 45.1 Å². The van der Waals surface area contributed by atoms with E-state index in [-0.39, 0.29) is 10.3 Å². The smallest absolute Gasteiger partial charge is 0.199 e. The summed E-state index contributed by atoms with van der Waals surface area (Å²) < 4.78 is 28.8. The van der Waals surface area contributed by atoms with Gasteiger partial charge in [-0.15, -0.1) is 0 Å². The molecule has 1 fully saturated rings. The molecule has 122 valence electrons. The first-order chi connectivity index (χ1) is 10.8. The van der Waals surface area contributed by atoms with Gasteiger partial charge in [-0.2, -0.15) is 12.8 Å². The van der Waals surface area contributed by atoms with Gasteiger partial charge < -0.3 is 0 Å². The molecule has 4 heteroatoms. The highest BCUT2D eigenvalue weighted by molar-refractivity contribution is 7.90. The Morgan fingerprint density at radius 3 is 2.43 bits per heavy atom. The predicted molar refractivity (Wildman–Crippen MR) is 94.2 cm³/mol. The molecule has 1 saturated carbocycles. The Morgan fingerprint density at radius 2 is 1.74 bits per heavy atom. The van der Waals surface area contributed by atoms with E-state index in [4.69, 9.17) is 0 Å². The lowest BCUT2D eigenvalue weighted by atomic mass is 9.85. The van der Waals surface area contributed by atoms with Gasteiger partial charge in [0.05, 0.1) is 4.90 Å². The maximum atomic E-state index is 12.4. The normalized spacial score (nSPS) is 20.7. The largest absolute Gasteiger partial charge is 0.282 e. The van der Waals surface area contributed by atoms with Crippen LogP contribution in [-0.4, -0.2) is 14.6 Å². The number of benzene rings is 1. The number of hydrogen-bond acceptors (Lipinski definition) is 2. The van der Waals surface area contributed by atoms with Gasteiger partial charge in [0.1, 0.15) is 0 Å². The molecule has 2 aliphatic carbocycles. The number of hydrogen-bond donors (Lipinski definition) is 0. The quantitative estimate of drug-likeness (QED) is 0.761. The Kier molecular flexibility index (Phi) is 4.05. The van der Waals surface area contributed by atoms with Gasteiger partial charge in [-0.25, -0.2) is 0 Å². The minimum Gasteiger partial charge on any atom is -0.199 e. The summed E-state index contributed by atoms with van der Waals surface area (Å²) in [7, 11) is -3.64. The van der Waals surface area contributed by atoms with E-state index in [0.29, 0.717) is 0 Å². The number of sulfonamides is 1. The topological polar surface area (TPSA) is 46.5 Å². The molecule has 0 saturated heterocycles. The summed E-state index contributed by atoms with van der Waals surface area (Å²) in [5.41, 5.74) is 4.65. The van der Waals surface area contributed by atoms with Crippen molar-refractivity contribution in [2.45, 2.75) is 51.3 Å². The molecule has 0 N–H and O–H groups in total. The van der Waals surface area contributed by atoms with Crippen LogP contribution in [0.15, 0.2) is 56.4 Å². The molecule has 23 heavy (non-hydrogen) atoms. The van der Waals surface area contributed by atoms with E-state index in [1.807, 2.05) is 6.92 Å². The standard InChI is InChI=1S/C19H23NO2S/c1-14-8-10-16(11-9-14)23(21,22)20-13-18-17-7-5-4-6-15(17)12-19(18,2)3/h8-13H,4-7H2,1-3H3/b20-13-. The Hall–Kier alpha value is -1.68. The number of allylic oxidation sites excluding steroid dienone is 4. The van der Waals surface area contributed by atoms with Crippen molar-refractivity contribution in [1.82, 2.24) is 0 Å². The maximum absolute atomic E-state index is 12.4. The van der Waals surface area contributed by atoms with Gasteiger partial charge in [-0.3, -0.25) is 0 Å². The van der Waals surface area contributed by atoms with E-state index in [1.54, 1.807) is 30.5 Å². The van der Waals surface area contributed by atoms with Crippen molar-refractivity contribution < 1.29 is 8.42 Å². The molecule has 1 aromatic carbocycles. The molecule has 0 heterocycles. The van der Waals surface area contributed by atoms with E-state index in [1.165, 1.54) is 24.0 Å². The van der Waals surface area contributed by atoms with Crippen LogP contribution >= 0.6 is 0 Å². The minimum absolute atomic E-state index is 0.138. The lowest BCUT2D eigenvalue weighted by Gasteiger charge is -2.19. The molecular formula is C19H23NO2S. The lowest BCUT2D eigenvalue weighted by molar-refractivity contribution is 0.597. The van der Waals surface area contributed by atoms with E-state index >= 15 is 0 Å². The highest BCUT2D eigenvalue weighted by Gasteiger charge is 2.32. The van der Waals surface area contributed by atoms with E-state index in [0.717, 1.165) is 24.0 Å². The van der Waals surface area contributed by atoms with Crippen LogP contribution in [0.3, 0.4) is 0 Å². The van der Waals surface area contributed by atoms with Crippen LogP contribution in [0, 0.1) is 12.3 Å². The van der Waals surface area contributed by atoms with Gasteiger partial charge in [0, 0.05) is 11.6 Å². The van der Waals surface area contributed by atoms with E-state index in [2.05, 4.69) is 24.3 Å². The average molecular weight is 329 g/mol. The van der Waals surface area contributed by atoms with Gasteiger partial charge in [0.15, 0.2) is 0 Å². The zero-order chi connectivity index (χ0) is 16.7. The molecule has 3 rings (SSSR count). The van der Waals surface area contributed by atoms with Crippen LogP contribution in [0.2, 0.25) is 0 Å². The molecule has 0 spiro atoms. The maximum Gasteiger partial charge on any atom is 0.282 e. The van der Waals surface area contributed by atoms with Crippen LogP contribution in [0.25, 0.3) is 0 Å². The minimum atomic E-state index is -3.64. The molecule has 0 radical (unpaired) electrons. The molecule has 1 aromatic rings. The summed E-state index contributed by atoms with van der Waals surface area (Å²) in [6, 6.07) is 6.82. The first kappa shape index (κ1) is 16.2. The fourth-order valence-electron chi connectivity index (χ4n) is 3.44. The first-order valence-corrected chi connectivity index (χ1v) is 9.56. The highest BCUT2D eigenvalue weighted by atomic mass is 32.2. The SMILES string of the molecule is Cc1ccc(S(=O)(=O)/N=C\C2=C3CCCCC3=CC2(C)C)cc1. The third-order valence-electron chi connectivity index (χ3n) is 4.70. The number of fused-ring (bicyclic) bond motifs is 1. The van der Waals surface area contributed by atoms with Crippen molar-refractivity contribution in [1.29, 1.82) is 0 Å². The number of rotatable bonds is 3. The summed E-state index contributed by atoms with van der Waals surface area (Å²) in [5, 5.41) is 0. The summed E-state index contributed by atoms with van der Waals surface area (Å²) in [6.45, 7) is 6.19. The Balaban J connectivity index is 1.94. The molecule has 0 amide bonds. The van der Waals surface area contributed by atoms with E-state index in [9.17, 15) is 8.42 Å². The third-order valence-corrected chi connectivity index (χ3v) is 5.96. The van der Waals surface area contributed by atoms with Crippen molar-refractivity contribution in [3.63, 3.8) is 0 Å². The third kappa shape index (κ3) is 3.18. The zero-order valence-electron chi connectivity index (χ0n) is 14.0. The fourth-order valence-corrected chi connectivity index (χ4v) is 4.28. The summed E-state index contributed by atoms with van der Waals surface area (Å²) in [5.74, 6) is 0. The molecule has 2 aliphatic rings. The summed E-state index contributed by atoms with van der Waals surface area (Å²) >= 11 is 0. The second-order valence-electron chi connectivity index (χ2n) is 7.01. The van der Waals surface area contributed by atoms with Crippen molar-refractivity contribution in [2.24, 2.45) is 9.81 Å². The summed E-state index contributed by atoms with van der Waals surface area (Å²) in [6.07, 6.45) is 8.38. The van der Waals surface area contributed by atoms with Crippen molar-refractivity contribution >= 4 is 16.2 Å². The molecule has 0 atom stereocenters. The summed E-state index contributed by atoms with van der Waals surface area (Å²) in [4.78, 5) is 0.248. The van der Waals surface area contributed by atoms with Gasteiger partial charge in [-0.05, 0) is 61.5 Å². The zero-order valence-corrected chi connectivity index (χ0v) is 14.8. The molecular weight excluding hydrogens is 306 g/mol. The average Bonchev–Trinajstić information content (AvgIpc) is 2.75. The van der Waals surface area contributed by atoms with Crippen LogP contribution in [0.5, 0.6) is 0 Å². The van der Waals surface area contributed by atoms with Crippen LogP contribution in [0.4, 0.5) is 0 Å².